The van der Waals surface area contributed by atoms with Crippen molar-refractivity contribution in [3.05, 3.63) is 54.6 Å². The summed E-state index contributed by atoms with van der Waals surface area (Å²) in [6, 6.07) is 19.1. The molecule has 0 aromatic heterocycles. The van der Waals surface area contributed by atoms with Crippen LogP contribution in [0.25, 0.3) is 21.5 Å². The maximum Gasteiger partial charge on any atom is 0.494 e. The first-order chi connectivity index (χ1) is 9.43. The monoisotopic (exact) mass is 248 g/mol. The first-order valence-corrected chi connectivity index (χ1v) is 6.57. The quantitative estimate of drug-likeness (QED) is 0.487. The molecule has 0 N–H and O–H groups in total. The van der Waals surface area contributed by atoms with Gasteiger partial charge < -0.3 is 9.31 Å². The summed E-state index contributed by atoms with van der Waals surface area (Å²) in [6.45, 7) is 1.34. The van der Waals surface area contributed by atoms with E-state index in [0.29, 0.717) is 13.2 Å². The van der Waals surface area contributed by atoms with E-state index in [2.05, 4.69) is 54.6 Å². The summed E-state index contributed by atoms with van der Waals surface area (Å²) >= 11 is 0. The van der Waals surface area contributed by atoms with E-state index >= 15 is 0 Å². The smallest absolute Gasteiger partial charge is 0.405 e. The van der Waals surface area contributed by atoms with Gasteiger partial charge in [-0.3, -0.25) is 0 Å². The molecule has 92 valence electrons. The Labute approximate surface area is 112 Å². The van der Waals surface area contributed by atoms with Crippen LogP contribution in [0.5, 0.6) is 0 Å². The summed E-state index contributed by atoms with van der Waals surface area (Å²) in [7, 11) is -0.227. The van der Waals surface area contributed by atoms with Crippen molar-refractivity contribution >= 4 is 34.1 Å². The second-order valence-electron chi connectivity index (χ2n) is 4.81. The van der Waals surface area contributed by atoms with Gasteiger partial charge >= 0.3 is 7.12 Å². The van der Waals surface area contributed by atoms with E-state index in [1.807, 2.05) is 0 Å². The van der Waals surface area contributed by atoms with E-state index in [9.17, 15) is 0 Å². The third kappa shape index (κ3) is 1.74. The standard InChI is InChI=1S/C16H13BO2/c1-2-6-13-12(5-1)11-16(17-18-9-10-19-17)15-8-4-3-7-14(13)15/h1-8,11H,9-10H2. The van der Waals surface area contributed by atoms with Gasteiger partial charge in [-0.15, -0.1) is 0 Å². The molecule has 0 amide bonds. The van der Waals surface area contributed by atoms with E-state index in [0.717, 1.165) is 5.46 Å². The van der Waals surface area contributed by atoms with Crippen LogP contribution >= 0.6 is 0 Å². The van der Waals surface area contributed by atoms with Gasteiger partial charge in [0, 0.05) is 0 Å². The summed E-state index contributed by atoms with van der Waals surface area (Å²) in [5.74, 6) is 0. The van der Waals surface area contributed by atoms with Gasteiger partial charge in [0.1, 0.15) is 0 Å². The minimum atomic E-state index is -0.227. The van der Waals surface area contributed by atoms with Crippen molar-refractivity contribution in [3.63, 3.8) is 0 Å². The highest BCUT2D eigenvalue weighted by atomic mass is 16.6. The molecular weight excluding hydrogens is 235 g/mol. The molecule has 1 aliphatic heterocycles. The summed E-state index contributed by atoms with van der Waals surface area (Å²) in [5.41, 5.74) is 1.13. The lowest BCUT2D eigenvalue weighted by atomic mass is 9.75. The van der Waals surface area contributed by atoms with Crippen LogP contribution in [0.15, 0.2) is 54.6 Å². The summed E-state index contributed by atoms with van der Waals surface area (Å²) < 4.78 is 11.3. The second kappa shape index (κ2) is 4.37. The van der Waals surface area contributed by atoms with Gasteiger partial charge in [0.05, 0.1) is 13.2 Å². The molecule has 1 heterocycles. The molecule has 0 radical (unpaired) electrons. The average Bonchev–Trinajstić information content (AvgIpc) is 3.00. The summed E-state index contributed by atoms with van der Waals surface area (Å²) in [4.78, 5) is 0. The van der Waals surface area contributed by atoms with E-state index < -0.39 is 0 Å². The van der Waals surface area contributed by atoms with Gasteiger partial charge in [0.15, 0.2) is 0 Å². The Balaban J connectivity index is 2.09. The molecule has 3 heteroatoms. The Morgan fingerprint density at radius 1 is 0.737 bits per heavy atom. The van der Waals surface area contributed by atoms with Crippen LogP contribution < -0.4 is 5.46 Å². The van der Waals surface area contributed by atoms with Crippen LogP contribution in [-0.2, 0) is 9.31 Å². The van der Waals surface area contributed by atoms with Crippen molar-refractivity contribution in [2.24, 2.45) is 0 Å². The van der Waals surface area contributed by atoms with Gasteiger partial charge in [0.2, 0.25) is 0 Å². The topological polar surface area (TPSA) is 18.5 Å². The van der Waals surface area contributed by atoms with E-state index in [-0.39, 0.29) is 7.12 Å². The maximum absolute atomic E-state index is 5.67. The number of hydrogen-bond acceptors (Lipinski definition) is 2. The normalized spacial score (nSPS) is 15.5. The molecule has 0 atom stereocenters. The SMILES string of the molecule is c1ccc2c(c1)cc(B1OCCO1)c1ccccc12. The van der Waals surface area contributed by atoms with Crippen LogP contribution in [-0.4, -0.2) is 20.3 Å². The van der Waals surface area contributed by atoms with Crippen molar-refractivity contribution in [3.8, 4) is 0 Å². The van der Waals surface area contributed by atoms with Crippen LogP contribution in [0.3, 0.4) is 0 Å². The highest BCUT2D eigenvalue weighted by molar-refractivity contribution is 6.65. The predicted molar refractivity (Wildman–Crippen MR) is 78.7 cm³/mol. The molecule has 0 spiro atoms. The Morgan fingerprint density at radius 3 is 2.16 bits per heavy atom. The fraction of sp³-hybridized carbons (Fsp3) is 0.125. The molecule has 2 nitrogen and oxygen atoms in total. The minimum absolute atomic E-state index is 0.227. The number of fused-ring (bicyclic) bond motifs is 3. The van der Waals surface area contributed by atoms with Gasteiger partial charge in [-0.25, -0.2) is 0 Å². The highest BCUT2D eigenvalue weighted by Crippen LogP contribution is 2.24. The molecule has 3 aromatic carbocycles. The zero-order chi connectivity index (χ0) is 12.7. The van der Waals surface area contributed by atoms with Gasteiger partial charge in [-0.2, -0.15) is 0 Å². The third-order valence-corrected chi connectivity index (χ3v) is 3.68. The second-order valence-corrected chi connectivity index (χ2v) is 4.81. The third-order valence-electron chi connectivity index (χ3n) is 3.68. The molecule has 4 rings (SSSR count). The Hall–Kier alpha value is -1.84. The number of benzene rings is 3. The zero-order valence-electron chi connectivity index (χ0n) is 10.5. The van der Waals surface area contributed by atoms with Crippen molar-refractivity contribution in [2.75, 3.05) is 13.2 Å². The molecular formula is C16H13BO2. The Bertz CT molecular complexity index is 748. The van der Waals surface area contributed by atoms with Crippen LogP contribution in [0, 0.1) is 0 Å². The van der Waals surface area contributed by atoms with Crippen LogP contribution in [0.2, 0.25) is 0 Å². The van der Waals surface area contributed by atoms with Crippen molar-refractivity contribution in [2.45, 2.75) is 0 Å². The average molecular weight is 248 g/mol. The first-order valence-electron chi connectivity index (χ1n) is 6.57. The molecule has 0 bridgehead atoms. The molecule has 0 saturated carbocycles. The largest absolute Gasteiger partial charge is 0.494 e. The minimum Gasteiger partial charge on any atom is -0.405 e. The molecule has 0 aliphatic carbocycles. The molecule has 3 aromatic rings. The lowest BCUT2D eigenvalue weighted by Gasteiger charge is -2.11. The van der Waals surface area contributed by atoms with Crippen molar-refractivity contribution in [1.82, 2.24) is 0 Å². The fourth-order valence-corrected chi connectivity index (χ4v) is 2.82. The van der Waals surface area contributed by atoms with E-state index in [1.165, 1.54) is 21.5 Å². The molecule has 1 fully saturated rings. The van der Waals surface area contributed by atoms with E-state index in [4.69, 9.17) is 9.31 Å². The maximum atomic E-state index is 5.67. The number of rotatable bonds is 1. The number of hydrogen-bond donors (Lipinski definition) is 0. The molecule has 1 aliphatic rings. The first kappa shape index (κ1) is 11.0. The molecule has 0 unspecified atom stereocenters. The van der Waals surface area contributed by atoms with Gasteiger partial charge in [-0.1, -0.05) is 54.6 Å². The van der Waals surface area contributed by atoms with Crippen LogP contribution in [0.1, 0.15) is 0 Å². The fourth-order valence-electron chi connectivity index (χ4n) is 2.82. The zero-order valence-corrected chi connectivity index (χ0v) is 10.5. The lowest BCUT2D eigenvalue weighted by Crippen LogP contribution is -2.32. The van der Waals surface area contributed by atoms with Crippen molar-refractivity contribution in [1.29, 1.82) is 0 Å². The Kier molecular flexibility index (Phi) is 2.54. The van der Waals surface area contributed by atoms with Gasteiger partial charge in [-0.05, 0) is 27.0 Å². The highest BCUT2D eigenvalue weighted by Gasteiger charge is 2.28. The summed E-state index contributed by atoms with van der Waals surface area (Å²) in [5, 5.41) is 4.98. The molecule has 19 heavy (non-hydrogen) atoms. The Morgan fingerprint density at radius 2 is 1.37 bits per heavy atom. The van der Waals surface area contributed by atoms with Gasteiger partial charge in [0.25, 0.3) is 0 Å². The lowest BCUT2D eigenvalue weighted by molar-refractivity contribution is 0.365. The van der Waals surface area contributed by atoms with E-state index in [1.54, 1.807) is 0 Å². The van der Waals surface area contributed by atoms with Crippen molar-refractivity contribution < 1.29 is 9.31 Å². The summed E-state index contributed by atoms with van der Waals surface area (Å²) in [6.07, 6.45) is 0. The predicted octanol–water partition coefficient (Wildman–Crippen LogP) is 2.74. The van der Waals surface area contributed by atoms with Crippen LogP contribution in [0.4, 0.5) is 0 Å². The molecule has 1 saturated heterocycles.